The largest absolute Gasteiger partial charge is 0.494 e. The van der Waals surface area contributed by atoms with E-state index in [1.807, 2.05) is 6.07 Å². The highest BCUT2D eigenvalue weighted by Gasteiger charge is 2.18. The number of hydrogen-bond acceptors (Lipinski definition) is 3. The van der Waals surface area contributed by atoms with Crippen LogP contribution in [0, 0.1) is 0 Å². The highest BCUT2D eigenvalue weighted by Crippen LogP contribution is 2.31. The quantitative estimate of drug-likeness (QED) is 0.745. The molecule has 1 aliphatic rings. The molecule has 3 nitrogen and oxygen atoms in total. The summed E-state index contributed by atoms with van der Waals surface area (Å²) in [6.07, 6.45) is 3.80. The standard InChI is InChI=1S/C13H19NO2/c14-13-6-3-10-9-11(4-5-12(10)13)16-8-2-1-7-15/h4-5,9,13,15H,1-3,6-8,14H2/t13-/m1/s1. The van der Waals surface area contributed by atoms with Gasteiger partial charge in [-0.05, 0) is 48.9 Å². The maximum atomic E-state index is 8.65. The van der Waals surface area contributed by atoms with Gasteiger partial charge in [-0.1, -0.05) is 6.07 Å². The summed E-state index contributed by atoms with van der Waals surface area (Å²) < 4.78 is 5.62. The summed E-state index contributed by atoms with van der Waals surface area (Å²) in [5.74, 6) is 0.922. The number of rotatable bonds is 5. The lowest BCUT2D eigenvalue weighted by molar-refractivity contribution is 0.253. The van der Waals surface area contributed by atoms with Crippen molar-refractivity contribution in [3.8, 4) is 5.75 Å². The van der Waals surface area contributed by atoms with E-state index in [0.717, 1.165) is 31.4 Å². The van der Waals surface area contributed by atoms with Crippen LogP contribution in [0.2, 0.25) is 0 Å². The molecule has 2 rings (SSSR count). The summed E-state index contributed by atoms with van der Waals surface area (Å²) in [4.78, 5) is 0. The van der Waals surface area contributed by atoms with Crippen molar-refractivity contribution in [3.63, 3.8) is 0 Å². The molecule has 0 heterocycles. The maximum Gasteiger partial charge on any atom is 0.119 e. The minimum atomic E-state index is 0.207. The molecule has 0 aromatic heterocycles. The van der Waals surface area contributed by atoms with E-state index in [2.05, 4.69) is 12.1 Å². The molecule has 0 unspecified atom stereocenters. The lowest BCUT2D eigenvalue weighted by Gasteiger charge is -2.09. The van der Waals surface area contributed by atoms with E-state index in [0.29, 0.717) is 6.61 Å². The van der Waals surface area contributed by atoms with E-state index < -0.39 is 0 Å². The van der Waals surface area contributed by atoms with Crippen LogP contribution in [-0.4, -0.2) is 18.3 Å². The maximum absolute atomic E-state index is 8.65. The second-order valence-corrected chi connectivity index (χ2v) is 4.28. The van der Waals surface area contributed by atoms with Crippen LogP contribution in [0.15, 0.2) is 18.2 Å². The summed E-state index contributed by atoms with van der Waals surface area (Å²) in [5.41, 5.74) is 8.56. The SMILES string of the molecule is N[C@@H]1CCc2cc(OCCCCO)ccc21. The number of unbranched alkanes of at least 4 members (excludes halogenated alkanes) is 1. The van der Waals surface area contributed by atoms with Crippen LogP contribution in [0.25, 0.3) is 0 Å². The normalized spacial score (nSPS) is 18.5. The molecule has 0 radical (unpaired) electrons. The number of benzene rings is 1. The molecule has 3 N–H and O–H groups in total. The second kappa shape index (κ2) is 5.32. The summed E-state index contributed by atoms with van der Waals surface area (Å²) in [7, 11) is 0. The number of ether oxygens (including phenoxy) is 1. The Balaban J connectivity index is 1.92. The number of aliphatic hydroxyl groups is 1. The third-order valence-electron chi connectivity index (χ3n) is 3.06. The average molecular weight is 221 g/mol. The van der Waals surface area contributed by atoms with Crippen LogP contribution in [0.3, 0.4) is 0 Å². The van der Waals surface area contributed by atoms with Gasteiger partial charge in [0.1, 0.15) is 5.75 Å². The predicted molar refractivity (Wildman–Crippen MR) is 63.5 cm³/mol. The molecular weight excluding hydrogens is 202 g/mol. The van der Waals surface area contributed by atoms with E-state index in [1.165, 1.54) is 11.1 Å². The van der Waals surface area contributed by atoms with Gasteiger partial charge < -0.3 is 15.6 Å². The fraction of sp³-hybridized carbons (Fsp3) is 0.538. The van der Waals surface area contributed by atoms with Crippen molar-refractivity contribution in [2.45, 2.75) is 31.7 Å². The zero-order chi connectivity index (χ0) is 11.4. The molecule has 88 valence electrons. The zero-order valence-corrected chi connectivity index (χ0v) is 9.48. The van der Waals surface area contributed by atoms with Gasteiger partial charge in [-0.15, -0.1) is 0 Å². The fourth-order valence-electron chi connectivity index (χ4n) is 2.12. The number of aliphatic hydroxyl groups excluding tert-OH is 1. The molecule has 1 aliphatic carbocycles. The minimum Gasteiger partial charge on any atom is -0.494 e. The van der Waals surface area contributed by atoms with E-state index in [4.69, 9.17) is 15.6 Å². The first kappa shape index (κ1) is 11.4. The Labute approximate surface area is 96.2 Å². The van der Waals surface area contributed by atoms with Gasteiger partial charge in [-0.3, -0.25) is 0 Å². The first-order chi connectivity index (χ1) is 7.81. The summed E-state index contributed by atoms with van der Waals surface area (Å²) in [6, 6.07) is 6.37. The van der Waals surface area contributed by atoms with Gasteiger partial charge in [0.15, 0.2) is 0 Å². The smallest absolute Gasteiger partial charge is 0.119 e. The van der Waals surface area contributed by atoms with Crippen LogP contribution < -0.4 is 10.5 Å². The molecule has 0 fully saturated rings. The number of aryl methyl sites for hydroxylation is 1. The molecule has 0 spiro atoms. The highest BCUT2D eigenvalue weighted by atomic mass is 16.5. The van der Waals surface area contributed by atoms with Crippen molar-refractivity contribution in [2.75, 3.05) is 13.2 Å². The number of fused-ring (bicyclic) bond motifs is 1. The summed E-state index contributed by atoms with van der Waals surface area (Å²) >= 11 is 0. The molecule has 1 aromatic rings. The highest BCUT2D eigenvalue weighted by molar-refractivity contribution is 5.40. The van der Waals surface area contributed by atoms with Gasteiger partial charge in [0, 0.05) is 12.6 Å². The van der Waals surface area contributed by atoms with Crippen LogP contribution in [0.5, 0.6) is 5.75 Å². The van der Waals surface area contributed by atoms with Crippen molar-refractivity contribution in [1.29, 1.82) is 0 Å². The van der Waals surface area contributed by atoms with Gasteiger partial charge in [0.2, 0.25) is 0 Å². The molecule has 0 saturated heterocycles. The zero-order valence-electron chi connectivity index (χ0n) is 9.48. The topological polar surface area (TPSA) is 55.5 Å². The number of nitrogens with two attached hydrogens (primary N) is 1. The third kappa shape index (κ3) is 2.54. The first-order valence-electron chi connectivity index (χ1n) is 5.93. The molecule has 0 aliphatic heterocycles. The molecule has 1 aromatic carbocycles. The van der Waals surface area contributed by atoms with Crippen molar-refractivity contribution in [1.82, 2.24) is 0 Å². The van der Waals surface area contributed by atoms with E-state index in [1.54, 1.807) is 0 Å². The van der Waals surface area contributed by atoms with Gasteiger partial charge in [0.25, 0.3) is 0 Å². The van der Waals surface area contributed by atoms with Gasteiger partial charge in [0.05, 0.1) is 6.61 Å². The monoisotopic (exact) mass is 221 g/mol. The Bertz CT molecular complexity index is 352. The van der Waals surface area contributed by atoms with E-state index in [9.17, 15) is 0 Å². The van der Waals surface area contributed by atoms with Crippen molar-refractivity contribution in [3.05, 3.63) is 29.3 Å². The van der Waals surface area contributed by atoms with Crippen LogP contribution in [-0.2, 0) is 6.42 Å². The molecule has 1 atom stereocenters. The fourth-order valence-corrected chi connectivity index (χ4v) is 2.12. The average Bonchev–Trinajstić information content (AvgIpc) is 2.66. The number of hydrogen-bond donors (Lipinski definition) is 2. The van der Waals surface area contributed by atoms with Crippen LogP contribution in [0.1, 0.15) is 36.4 Å². The third-order valence-corrected chi connectivity index (χ3v) is 3.06. The first-order valence-corrected chi connectivity index (χ1v) is 5.93. The Hall–Kier alpha value is -1.06. The van der Waals surface area contributed by atoms with Crippen molar-refractivity contribution < 1.29 is 9.84 Å². The molecular formula is C13H19NO2. The van der Waals surface area contributed by atoms with Crippen molar-refractivity contribution in [2.24, 2.45) is 5.73 Å². The summed E-state index contributed by atoms with van der Waals surface area (Å²) in [6.45, 7) is 0.911. The molecule has 0 bridgehead atoms. The van der Waals surface area contributed by atoms with Crippen LogP contribution >= 0.6 is 0 Å². The molecule has 0 amide bonds. The molecule has 0 saturated carbocycles. The minimum absolute atomic E-state index is 0.207. The summed E-state index contributed by atoms with van der Waals surface area (Å²) in [5, 5.41) is 8.65. The van der Waals surface area contributed by atoms with Gasteiger partial charge in [-0.2, -0.15) is 0 Å². The molecule has 3 heteroatoms. The van der Waals surface area contributed by atoms with Gasteiger partial charge >= 0.3 is 0 Å². The Kier molecular flexibility index (Phi) is 3.80. The lowest BCUT2D eigenvalue weighted by atomic mass is 10.1. The molecule has 16 heavy (non-hydrogen) atoms. The van der Waals surface area contributed by atoms with Crippen LogP contribution in [0.4, 0.5) is 0 Å². The Morgan fingerprint density at radius 1 is 1.38 bits per heavy atom. The Morgan fingerprint density at radius 3 is 3.06 bits per heavy atom. The second-order valence-electron chi connectivity index (χ2n) is 4.28. The lowest BCUT2D eigenvalue weighted by Crippen LogP contribution is -2.05. The van der Waals surface area contributed by atoms with E-state index >= 15 is 0 Å². The predicted octanol–water partition coefficient (Wildman–Crippen LogP) is 1.78. The van der Waals surface area contributed by atoms with Crippen molar-refractivity contribution >= 4 is 0 Å². The Morgan fingerprint density at radius 2 is 2.25 bits per heavy atom. The van der Waals surface area contributed by atoms with Gasteiger partial charge in [-0.25, -0.2) is 0 Å². The van der Waals surface area contributed by atoms with E-state index in [-0.39, 0.29) is 12.6 Å².